The Labute approximate surface area is 71.6 Å². The van der Waals surface area contributed by atoms with Crippen LogP contribution in [0.25, 0.3) is 0 Å². The van der Waals surface area contributed by atoms with Gasteiger partial charge in [-0.05, 0) is 27.6 Å². The predicted molar refractivity (Wildman–Crippen MR) is 51.9 cm³/mol. The average molecular weight is 161 g/mol. The van der Waals surface area contributed by atoms with Crippen LogP contribution < -0.4 is 0 Å². The van der Waals surface area contributed by atoms with Gasteiger partial charge in [0, 0.05) is 6.42 Å². The highest BCUT2D eigenvalue weighted by molar-refractivity contribution is 5.48. The van der Waals surface area contributed by atoms with Gasteiger partial charge in [-0.3, -0.25) is 0 Å². The molecule has 0 aliphatic carbocycles. The van der Waals surface area contributed by atoms with Crippen molar-refractivity contribution in [2.45, 2.75) is 33.6 Å². The van der Waals surface area contributed by atoms with E-state index in [0.29, 0.717) is 6.42 Å². The van der Waals surface area contributed by atoms with Gasteiger partial charge in [-0.2, -0.15) is 0 Å². The zero-order chi connectivity index (χ0) is 9.70. The average Bonchev–Trinajstić information content (AvgIpc) is 1.93. The van der Waals surface area contributed by atoms with Gasteiger partial charge < -0.3 is 9.69 Å². The van der Waals surface area contributed by atoms with E-state index in [2.05, 4.69) is 0 Å². The van der Waals surface area contributed by atoms with Crippen LogP contribution in [0.15, 0.2) is 0 Å². The molecule has 0 aliphatic heterocycles. The van der Waals surface area contributed by atoms with E-state index in [1.165, 1.54) is 0 Å². The largest absolute Gasteiger partial charge is 0.312 e. The minimum Gasteiger partial charge on any atom is -0.312 e. The van der Waals surface area contributed by atoms with Crippen molar-refractivity contribution < 1.29 is 4.79 Å². The molecular formula is C9H23NO. The summed E-state index contributed by atoms with van der Waals surface area (Å²) in [6, 6.07) is 0. The van der Waals surface area contributed by atoms with Crippen LogP contribution in [0.4, 0.5) is 0 Å². The molecule has 2 heteroatoms. The highest BCUT2D eigenvalue weighted by Gasteiger charge is 1.66. The first-order valence-corrected chi connectivity index (χ1v) is 4.19. The molecule has 70 valence electrons. The number of rotatable bonds is 2. The maximum atomic E-state index is 9.40. The van der Waals surface area contributed by atoms with E-state index in [1.54, 1.807) is 0 Å². The van der Waals surface area contributed by atoms with Gasteiger partial charge in [0.05, 0.1) is 0 Å². The first-order chi connectivity index (χ1) is 5.15. The smallest absolute Gasteiger partial charge is 0.119 e. The standard InChI is InChI=1S/C4H8O.C3H9N.C2H6/c1-2-3-4-5;1-4(2)3;1-2/h4H,2-3H2,1H3;1-3H3;1-2H3. The number of unbranched alkanes of at least 4 members (excludes halogenated alkanes) is 1. The summed E-state index contributed by atoms with van der Waals surface area (Å²) in [5, 5.41) is 0. The summed E-state index contributed by atoms with van der Waals surface area (Å²) < 4.78 is 0. The number of aldehydes is 1. The van der Waals surface area contributed by atoms with Crippen molar-refractivity contribution >= 4 is 6.29 Å². The Kier molecular flexibility index (Phi) is 34.8. The van der Waals surface area contributed by atoms with Crippen molar-refractivity contribution in [1.29, 1.82) is 0 Å². The van der Waals surface area contributed by atoms with Crippen LogP contribution in [0, 0.1) is 0 Å². The zero-order valence-electron chi connectivity index (χ0n) is 8.85. The molecule has 0 aromatic heterocycles. The predicted octanol–water partition coefficient (Wildman–Crippen LogP) is 2.19. The molecule has 0 atom stereocenters. The van der Waals surface area contributed by atoms with Gasteiger partial charge in [-0.1, -0.05) is 20.8 Å². The normalized spacial score (nSPS) is 7.18. The van der Waals surface area contributed by atoms with Gasteiger partial charge in [-0.25, -0.2) is 0 Å². The quantitative estimate of drug-likeness (QED) is 0.579. The third-order valence-corrected chi connectivity index (χ3v) is 0.407. The molecule has 0 amide bonds. The third-order valence-electron chi connectivity index (χ3n) is 0.407. The van der Waals surface area contributed by atoms with Gasteiger partial charge in [-0.15, -0.1) is 0 Å². The Bertz CT molecular complexity index is 50.8. The molecule has 0 spiro atoms. The summed E-state index contributed by atoms with van der Waals surface area (Å²) in [5.41, 5.74) is 0. The van der Waals surface area contributed by atoms with E-state index in [4.69, 9.17) is 0 Å². The van der Waals surface area contributed by atoms with Crippen molar-refractivity contribution in [3.8, 4) is 0 Å². The van der Waals surface area contributed by atoms with Gasteiger partial charge in [0.1, 0.15) is 6.29 Å². The summed E-state index contributed by atoms with van der Waals surface area (Å²) in [5.74, 6) is 0. The first-order valence-electron chi connectivity index (χ1n) is 4.19. The lowest BCUT2D eigenvalue weighted by atomic mass is 10.4. The van der Waals surface area contributed by atoms with Crippen LogP contribution in [-0.4, -0.2) is 32.3 Å². The second-order valence-corrected chi connectivity index (χ2v) is 2.30. The fourth-order valence-corrected chi connectivity index (χ4v) is 0.118. The molecule has 0 aliphatic rings. The summed E-state index contributed by atoms with van der Waals surface area (Å²) in [6.45, 7) is 5.98. The molecule has 0 heterocycles. The summed E-state index contributed by atoms with van der Waals surface area (Å²) in [6.07, 6.45) is 2.61. The SMILES string of the molecule is CC.CCCC=O.CN(C)C. The Morgan fingerprint density at radius 3 is 1.45 bits per heavy atom. The number of hydrogen-bond acceptors (Lipinski definition) is 2. The van der Waals surface area contributed by atoms with Crippen molar-refractivity contribution in [3.05, 3.63) is 0 Å². The highest BCUT2D eigenvalue weighted by atomic mass is 16.1. The fraction of sp³-hybridized carbons (Fsp3) is 0.889. The van der Waals surface area contributed by atoms with E-state index >= 15 is 0 Å². The van der Waals surface area contributed by atoms with Gasteiger partial charge >= 0.3 is 0 Å². The molecule has 0 saturated heterocycles. The topological polar surface area (TPSA) is 20.3 Å². The van der Waals surface area contributed by atoms with Crippen LogP contribution in [0.5, 0.6) is 0 Å². The Hall–Kier alpha value is -0.370. The Morgan fingerprint density at radius 1 is 1.18 bits per heavy atom. The lowest BCUT2D eigenvalue weighted by Gasteiger charge is -1.90. The van der Waals surface area contributed by atoms with Crippen molar-refractivity contribution in [1.82, 2.24) is 4.90 Å². The summed E-state index contributed by atoms with van der Waals surface area (Å²) in [7, 11) is 6.00. The molecule has 0 unspecified atom stereocenters. The fourth-order valence-electron chi connectivity index (χ4n) is 0.118. The molecule has 0 N–H and O–H groups in total. The van der Waals surface area contributed by atoms with E-state index in [-0.39, 0.29) is 0 Å². The maximum Gasteiger partial charge on any atom is 0.119 e. The lowest BCUT2D eigenvalue weighted by Crippen LogP contribution is -1.99. The number of carbonyl (C=O) groups is 1. The molecule has 0 aromatic rings. The van der Waals surface area contributed by atoms with Gasteiger partial charge in [0.15, 0.2) is 0 Å². The molecule has 0 radical (unpaired) electrons. The molecule has 0 rings (SSSR count). The van der Waals surface area contributed by atoms with Gasteiger partial charge in [0.2, 0.25) is 0 Å². The van der Waals surface area contributed by atoms with Crippen LogP contribution >= 0.6 is 0 Å². The van der Waals surface area contributed by atoms with Gasteiger partial charge in [0.25, 0.3) is 0 Å². The van der Waals surface area contributed by atoms with E-state index in [9.17, 15) is 4.79 Å². The van der Waals surface area contributed by atoms with E-state index in [1.807, 2.05) is 46.8 Å². The maximum absolute atomic E-state index is 9.40. The van der Waals surface area contributed by atoms with E-state index < -0.39 is 0 Å². The second-order valence-electron chi connectivity index (χ2n) is 2.30. The van der Waals surface area contributed by atoms with Crippen LogP contribution in [-0.2, 0) is 4.79 Å². The van der Waals surface area contributed by atoms with Crippen LogP contribution in [0.3, 0.4) is 0 Å². The summed E-state index contributed by atoms with van der Waals surface area (Å²) >= 11 is 0. The molecule has 0 saturated carbocycles. The number of carbonyl (C=O) groups excluding carboxylic acids is 1. The lowest BCUT2D eigenvalue weighted by molar-refractivity contribution is -0.107. The zero-order valence-corrected chi connectivity index (χ0v) is 8.85. The first kappa shape index (κ1) is 16.9. The highest BCUT2D eigenvalue weighted by Crippen LogP contribution is 1.74. The monoisotopic (exact) mass is 161 g/mol. The van der Waals surface area contributed by atoms with Crippen LogP contribution in [0.2, 0.25) is 0 Å². The molecule has 0 aromatic carbocycles. The van der Waals surface area contributed by atoms with Crippen molar-refractivity contribution in [2.24, 2.45) is 0 Å². The number of hydrogen-bond donors (Lipinski definition) is 0. The van der Waals surface area contributed by atoms with Crippen molar-refractivity contribution in [2.75, 3.05) is 21.1 Å². The van der Waals surface area contributed by atoms with Crippen LogP contribution in [0.1, 0.15) is 33.6 Å². The molecule has 11 heavy (non-hydrogen) atoms. The second kappa shape index (κ2) is 22.6. The molecular weight excluding hydrogens is 138 g/mol. The Morgan fingerprint density at radius 2 is 1.45 bits per heavy atom. The third kappa shape index (κ3) is 211. The van der Waals surface area contributed by atoms with E-state index in [0.717, 1.165) is 12.7 Å². The number of nitrogens with zero attached hydrogens (tertiary/aromatic N) is 1. The molecule has 0 bridgehead atoms. The van der Waals surface area contributed by atoms with Crippen molar-refractivity contribution in [3.63, 3.8) is 0 Å². The molecule has 2 nitrogen and oxygen atoms in total. The minimum absolute atomic E-state index is 0.708. The molecule has 0 fully saturated rings. The minimum atomic E-state index is 0.708. The Balaban J connectivity index is -0.0000000965. The summed E-state index contributed by atoms with van der Waals surface area (Å²) in [4.78, 5) is 11.4.